The van der Waals surface area contributed by atoms with Gasteiger partial charge in [-0.3, -0.25) is 9.97 Å². The van der Waals surface area contributed by atoms with E-state index in [1.165, 1.54) is 25.5 Å². The molecule has 140 valence electrons. The summed E-state index contributed by atoms with van der Waals surface area (Å²) < 4.78 is 14.5. The lowest BCUT2D eigenvalue weighted by molar-refractivity contribution is 0.431. The molecular weight excluding hydrogens is 353 g/mol. The van der Waals surface area contributed by atoms with E-state index in [1.54, 1.807) is 24.7 Å². The predicted octanol–water partition coefficient (Wildman–Crippen LogP) is 5.27. The predicted molar refractivity (Wildman–Crippen MR) is 106 cm³/mol. The van der Waals surface area contributed by atoms with Crippen LogP contribution in [0, 0.1) is 5.82 Å². The number of nitrogens with one attached hydrogen (secondary N) is 1. The second-order valence-electron chi connectivity index (χ2n) is 7.31. The molecule has 1 fully saturated rings. The van der Waals surface area contributed by atoms with Crippen molar-refractivity contribution in [3.8, 4) is 22.4 Å². The molecule has 4 aromatic heterocycles. The van der Waals surface area contributed by atoms with Gasteiger partial charge in [-0.1, -0.05) is 19.3 Å². The molecule has 0 amide bonds. The zero-order chi connectivity index (χ0) is 18.9. The van der Waals surface area contributed by atoms with E-state index in [0.717, 1.165) is 35.4 Å². The van der Waals surface area contributed by atoms with Gasteiger partial charge in [0.15, 0.2) is 5.65 Å². The molecule has 1 aliphatic carbocycles. The zero-order valence-corrected chi connectivity index (χ0v) is 15.4. The Hall–Kier alpha value is -3.15. The molecule has 0 aromatic carbocycles. The van der Waals surface area contributed by atoms with Crippen LogP contribution in [0.4, 0.5) is 4.39 Å². The second kappa shape index (κ2) is 7.11. The average Bonchev–Trinajstić information content (AvgIpc) is 3.18. The van der Waals surface area contributed by atoms with Crippen molar-refractivity contribution in [2.24, 2.45) is 0 Å². The molecule has 0 atom stereocenters. The van der Waals surface area contributed by atoms with E-state index < -0.39 is 0 Å². The molecule has 0 aliphatic heterocycles. The molecule has 1 aliphatic rings. The van der Waals surface area contributed by atoms with Gasteiger partial charge in [0, 0.05) is 41.2 Å². The fourth-order valence-electron chi connectivity index (χ4n) is 4.05. The molecule has 5 rings (SSSR count). The first-order chi connectivity index (χ1) is 13.8. The van der Waals surface area contributed by atoms with Crippen LogP contribution in [0.15, 0.2) is 49.1 Å². The van der Waals surface area contributed by atoms with Crippen molar-refractivity contribution in [3.63, 3.8) is 0 Å². The number of halogens is 1. The first kappa shape index (κ1) is 17.0. The van der Waals surface area contributed by atoms with Crippen molar-refractivity contribution in [2.75, 3.05) is 0 Å². The highest BCUT2D eigenvalue weighted by Crippen LogP contribution is 2.36. The van der Waals surface area contributed by atoms with Gasteiger partial charge in [-0.25, -0.2) is 14.4 Å². The van der Waals surface area contributed by atoms with E-state index in [1.807, 2.05) is 18.2 Å². The molecular formula is C22H20FN5. The number of hydrogen-bond acceptors (Lipinski definition) is 4. The zero-order valence-electron chi connectivity index (χ0n) is 15.4. The minimum Gasteiger partial charge on any atom is -0.326 e. The van der Waals surface area contributed by atoms with Crippen LogP contribution in [0.5, 0.6) is 0 Å². The van der Waals surface area contributed by atoms with Crippen molar-refractivity contribution in [2.45, 2.75) is 38.0 Å². The van der Waals surface area contributed by atoms with Crippen LogP contribution in [-0.2, 0) is 0 Å². The largest absolute Gasteiger partial charge is 0.326 e. The summed E-state index contributed by atoms with van der Waals surface area (Å²) in [6, 6.07) is 7.38. The Morgan fingerprint density at radius 3 is 2.57 bits per heavy atom. The van der Waals surface area contributed by atoms with Crippen LogP contribution < -0.4 is 0 Å². The highest BCUT2D eigenvalue weighted by atomic mass is 19.1. The van der Waals surface area contributed by atoms with Gasteiger partial charge in [-0.15, -0.1) is 0 Å². The molecule has 0 radical (unpaired) electrons. The van der Waals surface area contributed by atoms with Crippen molar-refractivity contribution in [1.29, 1.82) is 0 Å². The van der Waals surface area contributed by atoms with E-state index in [-0.39, 0.29) is 5.82 Å². The number of pyridine rings is 3. The highest BCUT2D eigenvalue weighted by molar-refractivity contribution is 5.88. The Balaban J connectivity index is 1.70. The fourth-order valence-corrected chi connectivity index (χ4v) is 4.05. The van der Waals surface area contributed by atoms with Crippen molar-refractivity contribution in [3.05, 3.63) is 60.7 Å². The monoisotopic (exact) mass is 373 g/mol. The molecule has 0 bridgehead atoms. The molecule has 0 saturated heterocycles. The Morgan fingerprint density at radius 2 is 1.79 bits per heavy atom. The second-order valence-corrected chi connectivity index (χ2v) is 7.31. The maximum absolute atomic E-state index is 14.5. The van der Waals surface area contributed by atoms with Gasteiger partial charge in [-0.05, 0) is 37.1 Å². The van der Waals surface area contributed by atoms with Crippen LogP contribution in [-0.4, -0.2) is 24.9 Å². The Bertz CT molecular complexity index is 1120. The molecule has 0 unspecified atom stereocenters. The third-order valence-electron chi connectivity index (χ3n) is 5.48. The topological polar surface area (TPSA) is 67.3 Å². The van der Waals surface area contributed by atoms with Crippen molar-refractivity contribution < 1.29 is 4.39 Å². The quantitative estimate of drug-likeness (QED) is 0.531. The molecule has 4 heterocycles. The number of aromatic amines is 1. The van der Waals surface area contributed by atoms with Gasteiger partial charge in [-0.2, -0.15) is 0 Å². The molecule has 4 aromatic rings. The normalized spacial score (nSPS) is 15.2. The van der Waals surface area contributed by atoms with Crippen LogP contribution in [0.1, 0.15) is 43.8 Å². The molecule has 5 nitrogen and oxygen atoms in total. The van der Waals surface area contributed by atoms with E-state index in [4.69, 9.17) is 9.97 Å². The Labute approximate surface area is 162 Å². The van der Waals surface area contributed by atoms with Crippen LogP contribution in [0.2, 0.25) is 0 Å². The van der Waals surface area contributed by atoms with Crippen LogP contribution >= 0.6 is 0 Å². The average molecular weight is 373 g/mol. The van der Waals surface area contributed by atoms with E-state index in [0.29, 0.717) is 22.7 Å². The first-order valence-electron chi connectivity index (χ1n) is 9.70. The lowest BCUT2D eigenvalue weighted by atomic mass is 9.89. The number of imidazole rings is 1. The summed E-state index contributed by atoms with van der Waals surface area (Å²) in [7, 11) is 0. The van der Waals surface area contributed by atoms with Gasteiger partial charge >= 0.3 is 0 Å². The van der Waals surface area contributed by atoms with Gasteiger partial charge in [0.25, 0.3) is 0 Å². The summed E-state index contributed by atoms with van der Waals surface area (Å²) >= 11 is 0. The minimum absolute atomic E-state index is 0.378. The number of nitrogens with zero attached hydrogens (tertiary/aromatic N) is 4. The first-order valence-corrected chi connectivity index (χ1v) is 9.70. The third kappa shape index (κ3) is 3.05. The van der Waals surface area contributed by atoms with Gasteiger partial charge in [0.2, 0.25) is 0 Å². The molecule has 1 saturated carbocycles. The lowest BCUT2D eigenvalue weighted by Gasteiger charge is -2.18. The van der Waals surface area contributed by atoms with Crippen molar-refractivity contribution in [1.82, 2.24) is 24.9 Å². The molecule has 28 heavy (non-hydrogen) atoms. The maximum Gasteiger partial charge on any atom is 0.158 e. The highest BCUT2D eigenvalue weighted by Gasteiger charge is 2.21. The van der Waals surface area contributed by atoms with Crippen LogP contribution in [0.3, 0.4) is 0 Å². The van der Waals surface area contributed by atoms with Gasteiger partial charge in [0.05, 0.1) is 11.9 Å². The van der Waals surface area contributed by atoms with Crippen molar-refractivity contribution >= 4 is 11.2 Å². The van der Waals surface area contributed by atoms with E-state index in [2.05, 4.69) is 15.0 Å². The number of hydrogen-bond donors (Lipinski definition) is 1. The summed E-state index contributed by atoms with van der Waals surface area (Å²) in [4.78, 5) is 21.1. The summed E-state index contributed by atoms with van der Waals surface area (Å²) in [6.07, 6.45) is 12.4. The van der Waals surface area contributed by atoms with E-state index >= 15 is 0 Å². The molecule has 0 spiro atoms. The Kier molecular flexibility index (Phi) is 4.31. The number of H-pyrrole nitrogens is 1. The van der Waals surface area contributed by atoms with Gasteiger partial charge < -0.3 is 4.98 Å². The van der Waals surface area contributed by atoms with Gasteiger partial charge in [0.1, 0.15) is 17.2 Å². The summed E-state index contributed by atoms with van der Waals surface area (Å²) in [5.41, 5.74) is 4.18. The number of aromatic nitrogens is 5. The smallest absolute Gasteiger partial charge is 0.158 e. The molecule has 6 heteroatoms. The third-order valence-corrected chi connectivity index (χ3v) is 5.48. The SMILES string of the molecule is Fc1cnccc1-c1cc2nc(C3CCCCC3)[nH]c2nc1-c1cccnc1. The standard InChI is InChI=1S/C22H20FN5/c23-18-13-25-10-8-16(18)17-11-19-22(27-20(17)15-7-4-9-24-12-15)28-21(26-19)14-5-2-1-3-6-14/h4,7-14H,1-3,5-6H2,(H,26,27,28). The molecule has 1 N–H and O–H groups in total. The minimum atomic E-state index is -0.378. The van der Waals surface area contributed by atoms with E-state index in [9.17, 15) is 4.39 Å². The lowest BCUT2D eigenvalue weighted by Crippen LogP contribution is -2.05. The summed E-state index contributed by atoms with van der Waals surface area (Å²) in [5.74, 6) is 1.06. The summed E-state index contributed by atoms with van der Waals surface area (Å²) in [6.45, 7) is 0. The Morgan fingerprint density at radius 1 is 0.929 bits per heavy atom. The summed E-state index contributed by atoms with van der Waals surface area (Å²) in [5, 5.41) is 0. The maximum atomic E-state index is 14.5. The fraction of sp³-hybridized carbons (Fsp3) is 0.273. The van der Waals surface area contributed by atoms with Crippen LogP contribution in [0.25, 0.3) is 33.5 Å². The number of rotatable bonds is 3. The number of fused-ring (bicyclic) bond motifs is 1.